The zero-order valence-electron chi connectivity index (χ0n) is 8.08. The Labute approximate surface area is 84.0 Å². The zero-order chi connectivity index (χ0) is 11.0. The standard InChI is InChI=1S/C10H9FN2O2/c1-2-13-9(14)7-4-3-6(11)5-8(7)12-10(13)15/h3-5H,2H2,1H3,(H,12,15). The Morgan fingerprint density at radius 1 is 1.40 bits per heavy atom. The maximum absolute atomic E-state index is 12.9. The predicted octanol–water partition coefficient (Wildman–Crippen LogP) is 0.849. The van der Waals surface area contributed by atoms with E-state index in [9.17, 15) is 14.0 Å². The van der Waals surface area contributed by atoms with Gasteiger partial charge >= 0.3 is 5.69 Å². The van der Waals surface area contributed by atoms with Crippen molar-refractivity contribution in [1.82, 2.24) is 9.55 Å². The van der Waals surface area contributed by atoms with E-state index < -0.39 is 17.1 Å². The summed E-state index contributed by atoms with van der Waals surface area (Å²) in [5, 5.41) is 0.317. The lowest BCUT2D eigenvalue weighted by molar-refractivity contribution is 0.628. The summed E-state index contributed by atoms with van der Waals surface area (Å²) in [7, 11) is 0. The molecule has 1 N–H and O–H groups in total. The van der Waals surface area contributed by atoms with E-state index in [0.717, 1.165) is 10.6 Å². The van der Waals surface area contributed by atoms with Crippen molar-refractivity contribution in [1.29, 1.82) is 0 Å². The van der Waals surface area contributed by atoms with E-state index in [1.165, 1.54) is 12.1 Å². The van der Waals surface area contributed by atoms with Crippen molar-refractivity contribution >= 4 is 10.9 Å². The monoisotopic (exact) mass is 208 g/mol. The average Bonchev–Trinajstić information content (AvgIpc) is 2.17. The van der Waals surface area contributed by atoms with Crippen LogP contribution in [0.4, 0.5) is 4.39 Å². The molecule has 0 bridgehead atoms. The molecule has 0 unspecified atom stereocenters. The number of rotatable bonds is 1. The number of halogens is 1. The molecule has 0 aliphatic heterocycles. The van der Waals surface area contributed by atoms with E-state index in [1.54, 1.807) is 6.92 Å². The van der Waals surface area contributed by atoms with Crippen molar-refractivity contribution in [3.05, 3.63) is 44.9 Å². The molecular formula is C10H9FN2O2. The molecule has 0 fully saturated rings. The lowest BCUT2D eigenvalue weighted by Gasteiger charge is -2.02. The molecule has 15 heavy (non-hydrogen) atoms. The van der Waals surface area contributed by atoms with Crippen molar-refractivity contribution < 1.29 is 4.39 Å². The van der Waals surface area contributed by atoms with Crippen LogP contribution in [0.5, 0.6) is 0 Å². The Hall–Kier alpha value is -1.91. The molecule has 0 saturated carbocycles. The van der Waals surface area contributed by atoms with E-state index in [4.69, 9.17) is 0 Å². The zero-order valence-corrected chi connectivity index (χ0v) is 8.08. The molecule has 2 rings (SSSR count). The molecule has 1 heterocycles. The van der Waals surface area contributed by atoms with Gasteiger partial charge < -0.3 is 4.98 Å². The lowest BCUT2D eigenvalue weighted by atomic mass is 10.2. The molecular weight excluding hydrogens is 199 g/mol. The number of hydrogen-bond donors (Lipinski definition) is 1. The van der Waals surface area contributed by atoms with E-state index >= 15 is 0 Å². The highest BCUT2D eigenvalue weighted by atomic mass is 19.1. The molecule has 0 saturated heterocycles. The Balaban J connectivity index is 2.98. The van der Waals surface area contributed by atoms with E-state index in [0.29, 0.717) is 11.9 Å². The third kappa shape index (κ3) is 1.45. The van der Waals surface area contributed by atoms with Gasteiger partial charge in [0.25, 0.3) is 5.56 Å². The second-order valence-corrected chi connectivity index (χ2v) is 3.17. The molecule has 1 aromatic carbocycles. The number of nitrogens with zero attached hydrogens (tertiary/aromatic N) is 1. The first-order valence-corrected chi connectivity index (χ1v) is 4.56. The molecule has 0 amide bonds. The number of H-pyrrole nitrogens is 1. The van der Waals surface area contributed by atoms with Gasteiger partial charge in [0.05, 0.1) is 10.9 Å². The van der Waals surface area contributed by atoms with Crippen LogP contribution in [-0.2, 0) is 6.54 Å². The van der Waals surface area contributed by atoms with Crippen molar-refractivity contribution in [2.75, 3.05) is 0 Å². The Bertz CT molecular complexity index is 627. The number of aromatic nitrogens is 2. The van der Waals surface area contributed by atoms with E-state index in [1.807, 2.05) is 0 Å². The minimum absolute atomic E-state index is 0.231. The van der Waals surface area contributed by atoms with E-state index in [-0.39, 0.29) is 5.52 Å². The maximum Gasteiger partial charge on any atom is 0.328 e. The van der Waals surface area contributed by atoms with Crippen LogP contribution < -0.4 is 11.2 Å². The van der Waals surface area contributed by atoms with Gasteiger partial charge in [0.1, 0.15) is 5.82 Å². The summed E-state index contributed by atoms with van der Waals surface area (Å²) < 4.78 is 13.9. The highest BCUT2D eigenvalue weighted by molar-refractivity contribution is 5.77. The van der Waals surface area contributed by atoms with Crippen LogP contribution in [-0.4, -0.2) is 9.55 Å². The second kappa shape index (κ2) is 3.34. The molecule has 5 heteroatoms. The third-order valence-electron chi connectivity index (χ3n) is 2.26. The Kier molecular flexibility index (Phi) is 2.15. The largest absolute Gasteiger partial charge is 0.328 e. The van der Waals surface area contributed by atoms with Gasteiger partial charge in [-0.15, -0.1) is 0 Å². The molecule has 0 aliphatic carbocycles. The first kappa shape index (κ1) is 9.64. The maximum atomic E-state index is 12.9. The summed E-state index contributed by atoms with van der Waals surface area (Å²) in [6.45, 7) is 1.99. The predicted molar refractivity (Wildman–Crippen MR) is 54.5 cm³/mol. The first-order chi connectivity index (χ1) is 7.13. The summed E-state index contributed by atoms with van der Waals surface area (Å²) in [5.41, 5.74) is -0.674. The topological polar surface area (TPSA) is 54.9 Å². The van der Waals surface area contributed by atoms with Crippen LogP contribution in [0.15, 0.2) is 27.8 Å². The SMILES string of the molecule is CCn1c(=O)[nH]c2cc(F)ccc2c1=O. The molecule has 0 atom stereocenters. The fraction of sp³-hybridized carbons (Fsp3) is 0.200. The van der Waals surface area contributed by atoms with Crippen molar-refractivity contribution in [3.63, 3.8) is 0 Å². The Morgan fingerprint density at radius 2 is 2.13 bits per heavy atom. The first-order valence-electron chi connectivity index (χ1n) is 4.56. The van der Waals surface area contributed by atoms with Crippen LogP contribution >= 0.6 is 0 Å². The summed E-state index contributed by atoms with van der Waals surface area (Å²) in [5.74, 6) is -0.480. The number of hydrogen-bond acceptors (Lipinski definition) is 2. The van der Waals surface area contributed by atoms with Crippen LogP contribution in [0.2, 0.25) is 0 Å². The summed E-state index contributed by atoms with van der Waals surface area (Å²) in [4.78, 5) is 25.6. The summed E-state index contributed by atoms with van der Waals surface area (Å²) >= 11 is 0. The van der Waals surface area contributed by atoms with Gasteiger partial charge in [-0.25, -0.2) is 9.18 Å². The van der Waals surface area contributed by atoms with Gasteiger partial charge in [-0.1, -0.05) is 0 Å². The molecule has 0 radical (unpaired) electrons. The minimum Gasteiger partial charge on any atom is -0.307 e. The van der Waals surface area contributed by atoms with Crippen LogP contribution in [0.3, 0.4) is 0 Å². The summed E-state index contributed by atoms with van der Waals surface area (Å²) in [6.07, 6.45) is 0. The van der Waals surface area contributed by atoms with Gasteiger partial charge in [-0.3, -0.25) is 9.36 Å². The fourth-order valence-corrected chi connectivity index (χ4v) is 1.51. The highest BCUT2D eigenvalue weighted by Gasteiger charge is 2.06. The van der Waals surface area contributed by atoms with Gasteiger partial charge in [-0.2, -0.15) is 0 Å². The number of benzene rings is 1. The molecule has 1 aromatic heterocycles. The number of aromatic amines is 1. The molecule has 78 valence electrons. The van der Waals surface area contributed by atoms with Crippen molar-refractivity contribution in [2.24, 2.45) is 0 Å². The number of nitrogens with one attached hydrogen (secondary N) is 1. The average molecular weight is 208 g/mol. The Morgan fingerprint density at radius 3 is 2.80 bits per heavy atom. The van der Waals surface area contributed by atoms with Crippen LogP contribution in [0, 0.1) is 5.82 Å². The third-order valence-corrected chi connectivity index (χ3v) is 2.26. The van der Waals surface area contributed by atoms with Gasteiger partial charge in [-0.05, 0) is 25.1 Å². The second-order valence-electron chi connectivity index (χ2n) is 3.17. The molecule has 0 spiro atoms. The van der Waals surface area contributed by atoms with Gasteiger partial charge in [0, 0.05) is 6.54 Å². The normalized spacial score (nSPS) is 10.8. The molecule has 0 aliphatic rings. The fourth-order valence-electron chi connectivity index (χ4n) is 1.51. The molecule has 4 nitrogen and oxygen atoms in total. The number of fused-ring (bicyclic) bond motifs is 1. The van der Waals surface area contributed by atoms with Crippen LogP contribution in [0.1, 0.15) is 6.92 Å². The smallest absolute Gasteiger partial charge is 0.307 e. The van der Waals surface area contributed by atoms with Crippen LogP contribution in [0.25, 0.3) is 10.9 Å². The highest BCUT2D eigenvalue weighted by Crippen LogP contribution is 2.06. The minimum atomic E-state index is -0.513. The quantitative estimate of drug-likeness (QED) is 0.755. The van der Waals surface area contributed by atoms with Gasteiger partial charge in [0.15, 0.2) is 0 Å². The van der Waals surface area contributed by atoms with Crippen molar-refractivity contribution in [2.45, 2.75) is 13.5 Å². The van der Waals surface area contributed by atoms with Gasteiger partial charge in [0.2, 0.25) is 0 Å². The summed E-state index contributed by atoms with van der Waals surface area (Å²) in [6, 6.07) is 3.70. The van der Waals surface area contributed by atoms with Crippen molar-refractivity contribution in [3.8, 4) is 0 Å². The van der Waals surface area contributed by atoms with E-state index in [2.05, 4.69) is 4.98 Å². The molecule has 2 aromatic rings. The lowest BCUT2D eigenvalue weighted by Crippen LogP contribution is -2.34.